The Balaban J connectivity index is 1.86. The Bertz CT molecular complexity index is 930. The molecule has 2 aromatic carbocycles. The third kappa shape index (κ3) is 2.79. The van der Waals surface area contributed by atoms with Gasteiger partial charge in [-0.15, -0.1) is 0 Å². The van der Waals surface area contributed by atoms with E-state index >= 15 is 0 Å². The summed E-state index contributed by atoms with van der Waals surface area (Å²) in [7, 11) is 4.12. The lowest BCUT2D eigenvalue weighted by molar-refractivity contribution is 0.338. The van der Waals surface area contributed by atoms with Crippen LogP contribution in [0.5, 0.6) is 5.75 Å². The summed E-state index contributed by atoms with van der Waals surface area (Å²) in [4.78, 5) is 2.11. The van der Waals surface area contributed by atoms with Gasteiger partial charge in [-0.25, -0.2) is 4.68 Å². The Hall–Kier alpha value is -2.95. The lowest BCUT2D eigenvalue weighted by Gasteiger charge is -2.13. The van der Waals surface area contributed by atoms with Gasteiger partial charge in [-0.3, -0.25) is 0 Å². The van der Waals surface area contributed by atoms with Gasteiger partial charge in [0.1, 0.15) is 17.3 Å². The van der Waals surface area contributed by atoms with Crippen LogP contribution in [0.15, 0.2) is 48.5 Å². The van der Waals surface area contributed by atoms with Crippen molar-refractivity contribution in [3.8, 4) is 22.7 Å². The third-order valence-electron chi connectivity index (χ3n) is 4.68. The molecule has 0 atom stereocenters. The highest BCUT2D eigenvalue weighted by Crippen LogP contribution is 2.37. The number of rotatable bonds is 5. The first-order valence-electron chi connectivity index (χ1n) is 9.04. The number of anilines is 2. The molecule has 1 N–H and O–H groups in total. The van der Waals surface area contributed by atoms with Crippen molar-refractivity contribution in [2.75, 3.05) is 37.5 Å². The lowest BCUT2D eigenvalue weighted by atomic mass is 10.1. The molecule has 0 radical (unpaired) electrons. The number of nitrogens with one attached hydrogen (secondary N) is 1. The molecule has 0 unspecified atom stereocenters. The smallest absolute Gasteiger partial charge is 0.145 e. The molecule has 0 saturated heterocycles. The number of hydrogen-bond acceptors (Lipinski definition) is 4. The first kappa shape index (κ1) is 16.5. The van der Waals surface area contributed by atoms with Crippen LogP contribution in [0.4, 0.5) is 11.5 Å². The zero-order chi connectivity index (χ0) is 18.1. The van der Waals surface area contributed by atoms with E-state index in [1.165, 1.54) is 11.3 Å². The van der Waals surface area contributed by atoms with Gasteiger partial charge in [0, 0.05) is 37.5 Å². The average Bonchev–Trinajstić information content (AvgIpc) is 3.25. The summed E-state index contributed by atoms with van der Waals surface area (Å²) in [5.74, 6) is 1.92. The van der Waals surface area contributed by atoms with Crippen molar-refractivity contribution < 1.29 is 4.74 Å². The normalized spacial score (nSPS) is 12.6. The van der Waals surface area contributed by atoms with Crippen molar-refractivity contribution in [2.45, 2.75) is 13.3 Å². The average molecular weight is 348 g/mol. The molecule has 4 rings (SSSR count). The van der Waals surface area contributed by atoms with E-state index in [9.17, 15) is 0 Å². The second-order valence-electron chi connectivity index (χ2n) is 6.61. The van der Waals surface area contributed by atoms with Gasteiger partial charge in [0.15, 0.2) is 0 Å². The first-order valence-corrected chi connectivity index (χ1v) is 9.04. The standard InChI is InChI=1S/C21H24N4O/c1-4-26-19-11-6-5-10-18(19)25-21-17(12-13-22-21)20(23-25)15-8-7-9-16(14-15)24(2)3/h5-11,14,22H,4,12-13H2,1-3H3. The molecule has 3 aromatic rings. The van der Waals surface area contributed by atoms with Gasteiger partial charge in [0.2, 0.25) is 0 Å². The summed E-state index contributed by atoms with van der Waals surface area (Å²) in [5, 5.41) is 8.47. The fourth-order valence-electron chi connectivity index (χ4n) is 3.42. The number of para-hydroxylation sites is 2. The largest absolute Gasteiger partial charge is 0.492 e. The van der Waals surface area contributed by atoms with Gasteiger partial charge in [-0.1, -0.05) is 24.3 Å². The van der Waals surface area contributed by atoms with E-state index in [1.54, 1.807) is 0 Å². The Kier molecular flexibility index (Phi) is 4.29. The third-order valence-corrected chi connectivity index (χ3v) is 4.68. The molecule has 0 bridgehead atoms. The topological polar surface area (TPSA) is 42.3 Å². The highest BCUT2D eigenvalue weighted by molar-refractivity contribution is 5.75. The van der Waals surface area contributed by atoms with Gasteiger partial charge in [-0.05, 0) is 37.6 Å². The number of fused-ring (bicyclic) bond motifs is 1. The Labute approximate surface area is 154 Å². The van der Waals surface area contributed by atoms with Crippen LogP contribution < -0.4 is 15.0 Å². The molecular weight excluding hydrogens is 324 g/mol. The van der Waals surface area contributed by atoms with E-state index in [4.69, 9.17) is 9.84 Å². The van der Waals surface area contributed by atoms with Crippen LogP contribution in [0.1, 0.15) is 12.5 Å². The van der Waals surface area contributed by atoms with E-state index in [0.717, 1.165) is 41.5 Å². The monoisotopic (exact) mass is 348 g/mol. The highest BCUT2D eigenvalue weighted by Gasteiger charge is 2.25. The first-order chi connectivity index (χ1) is 12.7. The SMILES string of the molecule is CCOc1ccccc1-n1nc(-c2cccc(N(C)C)c2)c2c1NCC2. The van der Waals surface area contributed by atoms with E-state index in [1.807, 2.05) is 29.8 Å². The number of benzene rings is 2. The summed E-state index contributed by atoms with van der Waals surface area (Å²) in [6.07, 6.45) is 0.980. The molecule has 0 fully saturated rings. The van der Waals surface area contributed by atoms with E-state index in [2.05, 4.69) is 54.6 Å². The fourth-order valence-corrected chi connectivity index (χ4v) is 3.42. The highest BCUT2D eigenvalue weighted by atomic mass is 16.5. The lowest BCUT2D eigenvalue weighted by Crippen LogP contribution is -2.08. The van der Waals surface area contributed by atoms with Gasteiger partial charge < -0.3 is 15.0 Å². The summed E-state index contributed by atoms with van der Waals surface area (Å²) in [6, 6.07) is 16.6. The zero-order valence-corrected chi connectivity index (χ0v) is 15.5. The number of aromatic nitrogens is 2. The van der Waals surface area contributed by atoms with Crippen molar-refractivity contribution >= 4 is 11.5 Å². The van der Waals surface area contributed by atoms with Crippen LogP contribution in [0.25, 0.3) is 16.9 Å². The number of ether oxygens (including phenoxy) is 1. The Morgan fingerprint density at radius 1 is 1.15 bits per heavy atom. The molecule has 5 nitrogen and oxygen atoms in total. The summed E-state index contributed by atoms with van der Waals surface area (Å²) >= 11 is 0. The van der Waals surface area contributed by atoms with Crippen molar-refractivity contribution in [2.24, 2.45) is 0 Å². The van der Waals surface area contributed by atoms with Crippen molar-refractivity contribution in [1.29, 1.82) is 0 Å². The Morgan fingerprint density at radius 3 is 2.81 bits per heavy atom. The summed E-state index contributed by atoms with van der Waals surface area (Å²) in [6.45, 7) is 3.57. The van der Waals surface area contributed by atoms with Crippen LogP contribution in [-0.2, 0) is 6.42 Å². The van der Waals surface area contributed by atoms with Gasteiger partial charge in [0.05, 0.1) is 12.3 Å². The van der Waals surface area contributed by atoms with Crippen LogP contribution in [0, 0.1) is 0 Å². The Morgan fingerprint density at radius 2 is 2.00 bits per heavy atom. The minimum Gasteiger partial charge on any atom is -0.492 e. The van der Waals surface area contributed by atoms with Crippen LogP contribution in [0.2, 0.25) is 0 Å². The van der Waals surface area contributed by atoms with Gasteiger partial charge >= 0.3 is 0 Å². The summed E-state index contributed by atoms with van der Waals surface area (Å²) < 4.78 is 7.81. The molecule has 0 amide bonds. The zero-order valence-electron chi connectivity index (χ0n) is 15.5. The van der Waals surface area contributed by atoms with Gasteiger partial charge in [-0.2, -0.15) is 5.10 Å². The molecule has 134 valence electrons. The predicted molar refractivity (Wildman–Crippen MR) is 107 cm³/mol. The second-order valence-corrected chi connectivity index (χ2v) is 6.61. The van der Waals surface area contributed by atoms with E-state index < -0.39 is 0 Å². The van der Waals surface area contributed by atoms with E-state index in [0.29, 0.717) is 6.61 Å². The molecule has 26 heavy (non-hydrogen) atoms. The molecule has 5 heteroatoms. The maximum absolute atomic E-state index is 5.82. The molecule has 0 saturated carbocycles. The predicted octanol–water partition coefficient (Wildman–Crippen LogP) is 3.97. The van der Waals surface area contributed by atoms with Crippen LogP contribution >= 0.6 is 0 Å². The van der Waals surface area contributed by atoms with E-state index in [-0.39, 0.29) is 0 Å². The fraction of sp³-hybridized carbons (Fsp3) is 0.286. The second kappa shape index (κ2) is 6.75. The van der Waals surface area contributed by atoms with Crippen molar-refractivity contribution in [1.82, 2.24) is 9.78 Å². The quantitative estimate of drug-likeness (QED) is 0.757. The van der Waals surface area contributed by atoms with Crippen molar-refractivity contribution in [3.05, 3.63) is 54.1 Å². The minimum absolute atomic E-state index is 0.631. The van der Waals surface area contributed by atoms with Crippen molar-refractivity contribution in [3.63, 3.8) is 0 Å². The minimum atomic E-state index is 0.631. The van der Waals surface area contributed by atoms with Crippen LogP contribution in [-0.4, -0.2) is 37.0 Å². The molecule has 1 aliphatic heterocycles. The van der Waals surface area contributed by atoms with Gasteiger partial charge in [0.25, 0.3) is 0 Å². The number of nitrogens with zero attached hydrogens (tertiary/aromatic N) is 3. The molecule has 0 aliphatic carbocycles. The molecule has 1 aromatic heterocycles. The summed E-state index contributed by atoms with van der Waals surface area (Å²) in [5.41, 5.74) is 5.59. The maximum atomic E-state index is 5.82. The molecule has 1 aliphatic rings. The van der Waals surface area contributed by atoms with Crippen LogP contribution in [0.3, 0.4) is 0 Å². The molecule has 0 spiro atoms. The maximum Gasteiger partial charge on any atom is 0.145 e. The molecular formula is C21H24N4O. The molecule has 2 heterocycles. The number of hydrogen-bond donors (Lipinski definition) is 1.